The van der Waals surface area contributed by atoms with Crippen molar-refractivity contribution in [2.45, 2.75) is 20.3 Å². The van der Waals surface area contributed by atoms with Crippen LogP contribution in [0, 0.1) is 5.92 Å². The number of anilines is 1. The molecule has 1 unspecified atom stereocenters. The van der Waals surface area contributed by atoms with Crippen LogP contribution in [-0.4, -0.2) is 165 Å². The summed E-state index contributed by atoms with van der Waals surface area (Å²) < 4.78 is 71.4. The van der Waals surface area contributed by atoms with Crippen molar-refractivity contribution in [2.75, 3.05) is 171 Å². The van der Waals surface area contributed by atoms with Crippen molar-refractivity contribution in [3.63, 3.8) is 0 Å². The molecule has 0 amide bonds. The average molecular weight is 708 g/mol. The second-order valence-corrected chi connectivity index (χ2v) is 10.7. The molecule has 1 rings (SSSR count). The summed E-state index contributed by atoms with van der Waals surface area (Å²) in [7, 11) is 0. The van der Waals surface area contributed by atoms with Gasteiger partial charge in [-0.15, -0.1) is 0 Å². The monoisotopic (exact) mass is 707 g/mol. The van der Waals surface area contributed by atoms with E-state index in [2.05, 4.69) is 13.8 Å². The van der Waals surface area contributed by atoms with E-state index in [4.69, 9.17) is 67.3 Å². The molecule has 1 aromatic carbocycles. The molecule has 0 radical (unpaired) electrons. The molecule has 0 aliphatic carbocycles. The van der Waals surface area contributed by atoms with Gasteiger partial charge in [0, 0.05) is 12.3 Å². The molecule has 49 heavy (non-hydrogen) atoms. The Morgan fingerprint density at radius 2 is 0.633 bits per heavy atom. The van der Waals surface area contributed by atoms with Crippen LogP contribution in [0.5, 0.6) is 5.75 Å². The molecule has 1 aromatic rings. The summed E-state index contributed by atoms with van der Waals surface area (Å²) in [5.41, 5.74) is 6.35. The first-order chi connectivity index (χ1) is 24.2. The molecule has 0 fully saturated rings. The standard InChI is InChI=1S/C35H65NO13/c1-3-33(2)32-48-29-28-46-25-24-44-21-20-42-17-16-40-13-12-38-9-8-37-10-11-39-14-15-41-18-19-43-22-23-45-26-27-47-30-31-49-35-6-4-34(36)5-7-35/h4-7,33H,3,8-32,36H2,1-2H3. The third-order valence-corrected chi connectivity index (χ3v) is 6.57. The molecule has 0 bridgehead atoms. The summed E-state index contributed by atoms with van der Waals surface area (Å²) in [4.78, 5) is 0. The summed E-state index contributed by atoms with van der Waals surface area (Å²) in [5.74, 6) is 1.37. The Labute approximate surface area is 294 Å². The van der Waals surface area contributed by atoms with E-state index in [9.17, 15) is 0 Å². The fraction of sp³-hybridized carbons (Fsp3) is 0.829. The fourth-order valence-electron chi connectivity index (χ4n) is 3.60. The summed E-state index contributed by atoms with van der Waals surface area (Å²) in [6.45, 7) is 17.6. The van der Waals surface area contributed by atoms with Crippen LogP contribution in [0.4, 0.5) is 5.69 Å². The van der Waals surface area contributed by atoms with E-state index in [1.807, 2.05) is 12.1 Å². The first-order valence-corrected chi connectivity index (χ1v) is 17.6. The molecule has 0 aromatic heterocycles. The van der Waals surface area contributed by atoms with Gasteiger partial charge in [-0.3, -0.25) is 0 Å². The Morgan fingerprint density at radius 3 is 0.898 bits per heavy atom. The zero-order valence-corrected chi connectivity index (χ0v) is 30.2. The third kappa shape index (κ3) is 34.6. The van der Waals surface area contributed by atoms with Gasteiger partial charge in [0.05, 0.1) is 152 Å². The summed E-state index contributed by atoms with van der Waals surface area (Å²) in [5, 5.41) is 0. The number of hydrogen-bond donors (Lipinski definition) is 1. The van der Waals surface area contributed by atoms with Crippen LogP contribution in [0.25, 0.3) is 0 Å². The number of hydrogen-bond acceptors (Lipinski definition) is 14. The number of rotatable bonds is 40. The highest BCUT2D eigenvalue weighted by atomic mass is 16.6. The molecular formula is C35H65NO13. The lowest BCUT2D eigenvalue weighted by Gasteiger charge is -2.10. The van der Waals surface area contributed by atoms with Crippen molar-refractivity contribution in [1.82, 2.24) is 0 Å². The van der Waals surface area contributed by atoms with Crippen molar-refractivity contribution in [3.8, 4) is 5.75 Å². The fourth-order valence-corrected chi connectivity index (χ4v) is 3.60. The zero-order chi connectivity index (χ0) is 35.1. The first-order valence-electron chi connectivity index (χ1n) is 17.6. The van der Waals surface area contributed by atoms with E-state index in [0.717, 1.165) is 18.8 Å². The molecule has 0 aliphatic rings. The molecule has 0 aliphatic heterocycles. The minimum absolute atomic E-state index is 0.475. The van der Waals surface area contributed by atoms with Gasteiger partial charge in [0.25, 0.3) is 0 Å². The van der Waals surface area contributed by atoms with Gasteiger partial charge in [-0.2, -0.15) is 0 Å². The van der Waals surface area contributed by atoms with Gasteiger partial charge >= 0.3 is 0 Å². The lowest BCUT2D eigenvalue weighted by atomic mass is 10.1. The summed E-state index contributed by atoms with van der Waals surface area (Å²) >= 11 is 0. The van der Waals surface area contributed by atoms with Crippen molar-refractivity contribution < 1.29 is 61.6 Å². The minimum atomic E-state index is 0.475. The van der Waals surface area contributed by atoms with Gasteiger partial charge in [-0.25, -0.2) is 0 Å². The van der Waals surface area contributed by atoms with Crippen LogP contribution in [0.2, 0.25) is 0 Å². The predicted molar refractivity (Wildman–Crippen MR) is 186 cm³/mol. The zero-order valence-electron chi connectivity index (χ0n) is 30.2. The molecule has 14 nitrogen and oxygen atoms in total. The van der Waals surface area contributed by atoms with Crippen molar-refractivity contribution in [1.29, 1.82) is 0 Å². The first kappa shape index (κ1) is 45.4. The van der Waals surface area contributed by atoms with Crippen LogP contribution >= 0.6 is 0 Å². The van der Waals surface area contributed by atoms with Gasteiger partial charge < -0.3 is 67.3 Å². The van der Waals surface area contributed by atoms with E-state index in [0.29, 0.717) is 170 Å². The van der Waals surface area contributed by atoms with E-state index < -0.39 is 0 Å². The van der Waals surface area contributed by atoms with Gasteiger partial charge in [-0.1, -0.05) is 20.3 Å². The molecule has 1 atom stereocenters. The van der Waals surface area contributed by atoms with E-state index in [1.165, 1.54) is 0 Å². The normalized spacial score (nSPS) is 12.1. The quantitative estimate of drug-likeness (QED) is 0.0788. The maximum absolute atomic E-state index is 5.64. The molecular weight excluding hydrogens is 642 g/mol. The molecule has 14 heteroatoms. The Kier molecular flexibility index (Phi) is 34.8. The van der Waals surface area contributed by atoms with Gasteiger partial charge in [0.15, 0.2) is 0 Å². The smallest absolute Gasteiger partial charge is 0.119 e. The highest BCUT2D eigenvalue weighted by Crippen LogP contribution is 2.12. The lowest BCUT2D eigenvalue weighted by Crippen LogP contribution is -2.15. The highest BCUT2D eigenvalue weighted by Gasteiger charge is 1.99. The second-order valence-electron chi connectivity index (χ2n) is 10.7. The van der Waals surface area contributed by atoms with Gasteiger partial charge in [-0.05, 0) is 30.2 Å². The van der Waals surface area contributed by atoms with E-state index in [-0.39, 0.29) is 0 Å². The van der Waals surface area contributed by atoms with Gasteiger partial charge in [0.1, 0.15) is 12.4 Å². The number of nitrogen functional groups attached to an aromatic ring is 1. The molecule has 0 spiro atoms. The van der Waals surface area contributed by atoms with E-state index >= 15 is 0 Å². The molecule has 0 heterocycles. The number of benzene rings is 1. The molecule has 0 saturated heterocycles. The molecule has 288 valence electrons. The topological polar surface area (TPSA) is 146 Å². The minimum Gasteiger partial charge on any atom is -0.491 e. The van der Waals surface area contributed by atoms with Crippen molar-refractivity contribution in [2.24, 2.45) is 5.92 Å². The van der Waals surface area contributed by atoms with E-state index in [1.54, 1.807) is 12.1 Å². The molecule has 0 saturated carbocycles. The van der Waals surface area contributed by atoms with Crippen LogP contribution in [0.3, 0.4) is 0 Å². The maximum atomic E-state index is 5.64. The van der Waals surface area contributed by atoms with Crippen LogP contribution in [-0.2, 0) is 56.8 Å². The molecule has 2 N–H and O–H groups in total. The van der Waals surface area contributed by atoms with Crippen molar-refractivity contribution >= 4 is 5.69 Å². The second kappa shape index (κ2) is 37.6. The highest BCUT2D eigenvalue weighted by molar-refractivity contribution is 5.41. The Hall–Kier alpha value is -1.66. The van der Waals surface area contributed by atoms with Crippen LogP contribution in [0.15, 0.2) is 24.3 Å². The summed E-state index contributed by atoms with van der Waals surface area (Å²) in [6.07, 6.45) is 1.13. The largest absolute Gasteiger partial charge is 0.491 e. The Bertz CT molecular complexity index is 778. The lowest BCUT2D eigenvalue weighted by molar-refractivity contribution is -0.0287. The van der Waals surface area contributed by atoms with Gasteiger partial charge in [0.2, 0.25) is 0 Å². The predicted octanol–water partition coefficient (Wildman–Crippen LogP) is 2.89. The summed E-state index contributed by atoms with van der Waals surface area (Å²) in [6, 6.07) is 7.27. The number of ether oxygens (including phenoxy) is 13. The van der Waals surface area contributed by atoms with Crippen molar-refractivity contribution in [3.05, 3.63) is 24.3 Å². The Balaban J connectivity index is 1.62. The number of nitrogens with two attached hydrogens (primary N) is 1. The third-order valence-electron chi connectivity index (χ3n) is 6.57. The Morgan fingerprint density at radius 1 is 0.388 bits per heavy atom. The SMILES string of the molecule is CCC(C)COCCOCCOCCOCCOCCOCCOCCOCCOCCOCCOCCOCCOc1ccc(N)cc1. The van der Waals surface area contributed by atoms with Crippen LogP contribution in [0.1, 0.15) is 20.3 Å². The average Bonchev–Trinajstić information content (AvgIpc) is 3.11. The van der Waals surface area contributed by atoms with Crippen LogP contribution < -0.4 is 10.5 Å². The maximum Gasteiger partial charge on any atom is 0.119 e.